The zero-order chi connectivity index (χ0) is 48.9. The number of rotatable bonds is 8. The monoisotopic (exact) mass is 896 g/mol. The lowest BCUT2D eigenvalue weighted by atomic mass is 9.86. The molecule has 342 valence electrons. The SMILES string of the molecule is CC1(C)C=C(c2ccc(C(=O)O)cc2)CC(C)(C)O1.Cc1ccc(-c2cccc(C(=O)O)c2)cc1.Cc1ccc(-c2cccc(C(=O)O)c2)cc1.Cc1cccc(-c2cccc(C(=O)O)c2)c1. The van der Waals surface area contributed by atoms with Gasteiger partial charge in [-0.25, -0.2) is 19.2 Å². The van der Waals surface area contributed by atoms with Crippen LogP contribution in [0, 0.1) is 20.8 Å². The standard InChI is InChI=1S/C16H20O3.3C14H12O2/c1-15(2)9-13(10-16(3,4)19-15)11-5-7-12(8-6-11)14(17)18;1-10-4-2-5-11(8-10)12-6-3-7-13(9-12)14(15)16;2*1-10-5-7-11(8-6-10)12-3-2-4-13(9-12)14(15)16/h5-9H,10H2,1-4H3,(H,17,18);3*2-9H,1H3,(H,15,16). The number of hydrogen-bond donors (Lipinski definition) is 4. The predicted molar refractivity (Wildman–Crippen MR) is 266 cm³/mol. The largest absolute Gasteiger partial charge is 0.478 e. The van der Waals surface area contributed by atoms with Gasteiger partial charge in [-0.15, -0.1) is 0 Å². The van der Waals surface area contributed by atoms with Crippen LogP contribution in [-0.4, -0.2) is 55.5 Å². The Kier molecular flexibility index (Phi) is 16.7. The lowest BCUT2D eigenvalue weighted by Gasteiger charge is -2.40. The highest BCUT2D eigenvalue weighted by atomic mass is 16.5. The summed E-state index contributed by atoms with van der Waals surface area (Å²) in [6.07, 6.45) is 2.94. The van der Waals surface area contributed by atoms with Crippen LogP contribution in [0.15, 0.2) is 176 Å². The van der Waals surface area contributed by atoms with Crippen LogP contribution in [-0.2, 0) is 4.74 Å². The summed E-state index contributed by atoms with van der Waals surface area (Å²) in [5, 5.41) is 35.6. The second-order valence-corrected chi connectivity index (χ2v) is 17.5. The van der Waals surface area contributed by atoms with E-state index in [1.165, 1.54) is 22.3 Å². The molecule has 1 aliphatic heterocycles. The van der Waals surface area contributed by atoms with Gasteiger partial charge < -0.3 is 25.2 Å². The molecule has 0 saturated carbocycles. The second-order valence-electron chi connectivity index (χ2n) is 17.5. The van der Waals surface area contributed by atoms with Crippen LogP contribution in [0.2, 0.25) is 0 Å². The first kappa shape index (κ1) is 50.1. The predicted octanol–water partition coefficient (Wildman–Crippen LogP) is 13.8. The lowest BCUT2D eigenvalue weighted by Crippen LogP contribution is -2.39. The Balaban J connectivity index is 0.000000168. The van der Waals surface area contributed by atoms with Gasteiger partial charge in [0.1, 0.15) is 0 Å². The summed E-state index contributed by atoms with van der Waals surface area (Å²) in [6, 6.07) is 52.0. The van der Waals surface area contributed by atoms with Crippen molar-refractivity contribution in [2.24, 2.45) is 0 Å². The number of carboxylic acid groups (broad SMARTS) is 4. The molecule has 1 aliphatic rings. The van der Waals surface area contributed by atoms with Crippen molar-refractivity contribution < 1.29 is 44.3 Å². The van der Waals surface area contributed by atoms with Gasteiger partial charge in [0.25, 0.3) is 0 Å². The molecule has 1 heterocycles. The van der Waals surface area contributed by atoms with E-state index < -0.39 is 23.9 Å². The number of hydrogen-bond acceptors (Lipinski definition) is 5. The molecule has 7 aromatic carbocycles. The van der Waals surface area contributed by atoms with E-state index in [-0.39, 0.29) is 11.2 Å². The average molecular weight is 897 g/mol. The van der Waals surface area contributed by atoms with Crippen molar-refractivity contribution in [1.29, 1.82) is 0 Å². The Hall–Kier alpha value is -7.88. The van der Waals surface area contributed by atoms with Crippen molar-refractivity contribution >= 4 is 29.5 Å². The number of benzene rings is 7. The molecule has 7 aromatic rings. The number of aryl methyl sites for hydroxylation is 3. The third-order valence-corrected chi connectivity index (χ3v) is 10.6. The molecule has 0 radical (unpaired) electrons. The summed E-state index contributed by atoms with van der Waals surface area (Å²) in [5.41, 5.74) is 12.5. The summed E-state index contributed by atoms with van der Waals surface area (Å²) in [6.45, 7) is 14.3. The van der Waals surface area contributed by atoms with Gasteiger partial charge in [0.2, 0.25) is 0 Å². The van der Waals surface area contributed by atoms with Crippen LogP contribution in [0.25, 0.3) is 39.0 Å². The molecule has 0 amide bonds. The van der Waals surface area contributed by atoms with Crippen molar-refractivity contribution in [3.63, 3.8) is 0 Å². The van der Waals surface area contributed by atoms with Crippen LogP contribution in [0.4, 0.5) is 0 Å². The molecule has 0 bridgehead atoms. The van der Waals surface area contributed by atoms with E-state index >= 15 is 0 Å². The van der Waals surface area contributed by atoms with E-state index in [2.05, 4.69) is 19.9 Å². The van der Waals surface area contributed by atoms with Crippen molar-refractivity contribution in [2.75, 3.05) is 0 Å². The van der Waals surface area contributed by atoms with Gasteiger partial charge in [-0.2, -0.15) is 0 Å². The first-order valence-corrected chi connectivity index (χ1v) is 21.7. The van der Waals surface area contributed by atoms with Crippen LogP contribution in [0.3, 0.4) is 0 Å². The van der Waals surface area contributed by atoms with Gasteiger partial charge >= 0.3 is 23.9 Å². The highest BCUT2D eigenvalue weighted by Gasteiger charge is 2.34. The maximum atomic E-state index is 10.9. The third-order valence-electron chi connectivity index (χ3n) is 10.6. The molecule has 0 fully saturated rings. The number of carboxylic acids is 4. The van der Waals surface area contributed by atoms with E-state index in [1.807, 2.05) is 138 Å². The maximum absolute atomic E-state index is 10.9. The lowest BCUT2D eigenvalue weighted by molar-refractivity contribution is -0.100. The third kappa shape index (κ3) is 15.1. The molecule has 0 unspecified atom stereocenters. The van der Waals surface area contributed by atoms with E-state index in [1.54, 1.807) is 66.7 Å². The molecule has 0 spiro atoms. The van der Waals surface area contributed by atoms with Crippen LogP contribution >= 0.6 is 0 Å². The molecule has 8 rings (SSSR count). The summed E-state index contributed by atoms with van der Waals surface area (Å²) in [4.78, 5) is 43.4. The Morgan fingerprint density at radius 2 is 0.731 bits per heavy atom. The fourth-order valence-corrected chi connectivity index (χ4v) is 7.53. The Morgan fingerprint density at radius 3 is 1.09 bits per heavy atom. The van der Waals surface area contributed by atoms with E-state index in [0.29, 0.717) is 22.3 Å². The zero-order valence-electron chi connectivity index (χ0n) is 38.8. The molecule has 67 heavy (non-hydrogen) atoms. The Labute approximate surface area is 392 Å². The van der Waals surface area contributed by atoms with Gasteiger partial charge in [0, 0.05) is 6.42 Å². The quantitative estimate of drug-likeness (QED) is 0.116. The normalized spacial score (nSPS) is 13.1. The molecule has 9 heteroatoms. The average Bonchev–Trinajstić information content (AvgIpc) is 3.29. The smallest absolute Gasteiger partial charge is 0.335 e. The molecule has 4 N–H and O–H groups in total. The van der Waals surface area contributed by atoms with E-state index in [0.717, 1.165) is 45.4 Å². The maximum Gasteiger partial charge on any atom is 0.335 e. The molecule has 0 aromatic heterocycles. The minimum atomic E-state index is -0.895. The number of carbonyl (C=O) groups is 4. The van der Waals surface area contributed by atoms with Crippen molar-refractivity contribution in [1.82, 2.24) is 0 Å². The van der Waals surface area contributed by atoms with Gasteiger partial charge in [-0.05, 0) is 148 Å². The summed E-state index contributed by atoms with van der Waals surface area (Å²) >= 11 is 0. The van der Waals surface area contributed by atoms with Gasteiger partial charge in [-0.1, -0.05) is 138 Å². The summed E-state index contributed by atoms with van der Waals surface area (Å²) < 4.78 is 6.00. The first-order chi connectivity index (χ1) is 31.7. The molecule has 0 aliphatic carbocycles. The van der Waals surface area contributed by atoms with Crippen molar-refractivity contribution in [2.45, 2.75) is 66.1 Å². The van der Waals surface area contributed by atoms with Crippen LogP contribution in [0.5, 0.6) is 0 Å². The van der Waals surface area contributed by atoms with E-state index in [9.17, 15) is 19.2 Å². The minimum absolute atomic E-state index is 0.209. The van der Waals surface area contributed by atoms with Crippen molar-refractivity contribution in [3.05, 3.63) is 220 Å². The van der Waals surface area contributed by atoms with Gasteiger partial charge in [-0.3, -0.25) is 0 Å². The fourth-order valence-electron chi connectivity index (χ4n) is 7.53. The molecule has 0 atom stereocenters. The van der Waals surface area contributed by atoms with E-state index in [4.69, 9.17) is 25.2 Å². The van der Waals surface area contributed by atoms with Crippen LogP contribution < -0.4 is 0 Å². The minimum Gasteiger partial charge on any atom is -0.478 e. The molecular formula is C58H56O9. The first-order valence-electron chi connectivity index (χ1n) is 21.7. The Bertz CT molecular complexity index is 2770. The molecule has 9 nitrogen and oxygen atoms in total. The second kappa shape index (κ2) is 22.3. The Morgan fingerprint density at radius 1 is 0.388 bits per heavy atom. The topological polar surface area (TPSA) is 158 Å². The highest BCUT2D eigenvalue weighted by Crippen LogP contribution is 2.38. The molecule has 0 saturated heterocycles. The fraction of sp³-hybridized carbons (Fsp3) is 0.172. The zero-order valence-corrected chi connectivity index (χ0v) is 38.8. The van der Waals surface area contributed by atoms with Crippen molar-refractivity contribution in [3.8, 4) is 33.4 Å². The van der Waals surface area contributed by atoms with Crippen LogP contribution in [0.1, 0.15) is 97.8 Å². The van der Waals surface area contributed by atoms with Gasteiger partial charge in [0.05, 0.1) is 33.5 Å². The summed E-state index contributed by atoms with van der Waals surface area (Å²) in [5.74, 6) is -3.58. The number of aromatic carboxylic acids is 4. The number of ether oxygens (including phenoxy) is 1. The summed E-state index contributed by atoms with van der Waals surface area (Å²) in [7, 11) is 0. The highest BCUT2D eigenvalue weighted by molar-refractivity contribution is 5.91. The van der Waals surface area contributed by atoms with Gasteiger partial charge in [0.15, 0.2) is 0 Å². The molecular weight excluding hydrogens is 841 g/mol.